The number of carbonyl (C=O) groups excluding carboxylic acids is 1. The molecule has 12 nitrogen and oxygen atoms in total. The van der Waals surface area contributed by atoms with Gasteiger partial charge in [0, 0.05) is 16.6 Å². The van der Waals surface area contributed by atoms with Crippen LogP contribution in [0.15, 0.2) is 41.2 Å². The number of hydrogen-bond acceptors (Lipinski definition) is 10. The lowest BCUT2D eigenvalue weighted by atomic mass is 9.99. The van der Waals surface area contributed by atoms with Gasteiger partial charge in [0.25, 0.3) is 5.56 Å². The number of aromatic amines is 1. The number of ether oxygens (including phenoxy) is 3. The first-order chi connectivity index (χ1) is 19.2. The molecule has 0 bridgehead atoms. The van der Waals surface area contributed by atoms with Crippen molar-refractivity contribution in [2.45, 2.75) is 49.6 Å². The first-order valence-electron chi connectivity index (χ1n) is 12.6. The molecule has 3 heterocycles. The quantitative estimate of drug-likeness (QED) is 0.282. The Kier molecular flexibility index (Phi) is 8.59. The van der Waals surface area contributed by atoms with E-state index in [0.717, 1.165) is 0 Å². The van der Waals surface area contributed by atoms with E-state index in [9.17, 15) is 30.0 Å². The van der Waals surface area contributed by atoms with Crippen LogP contribution in [0.3, 0.4) is 0 Å². The third-order valence-corrected chi connectivity index (χ3v) is 7.44. The molecule has 1 aromatic heterocycles. The SMILES string of the molecule is O=C(Oc1ccc(Cl)cc1-c1nc2ccc(Cl)cc2c(=O)[nH]1)N1CCCC1CO[C@@H]1O[C@H](CO)[C@H](O)[C@H](O)[C@H]1O. The number of aromatic nitrogens is 2. The van der Waals surface area contributed by atoms with E-state index in [1.807, 2.05) is 0 Å². The summed E-state index contributed by atoms with van der Waals surface area (Å²) >= 11 is 12.2. The van der Waals surface area contributed by atoms with Gasteiger partial charge in [0.2, 0.25) is 0 Å². The van der Waals surface area contributed by atoms with E-state index in [4.69, 9.17) is 37.4 Å². The van der Waals surface area contributed by atoms with Gasteiger partial charge in [-0.2, -0.15) is 0 Å². The molecule has 5 N–H and O–H groups in total. The van der Waals surface area contributed by atoms with E-state index in [0.29, 0.717) is 45.9 Å². The fraction of sp³-hybridized carbons (Fsp3) is 0.423. The number of benzene rings is 2. The minimum atomic E-state index is -1.57. The predicted molar refractivity (Wildman–Crippen MR) is 143 cm³/mol. The van der Waals surface area contributed by atoms with Crippen molar-refractivity contribution in [2.24, 2.45) is 0 Å². The van der Waals surface area contributed by atoms with E-state index in [1.165, 1.54) is 29.2 Å². The Morgan fingerprint density at radius 1 is 1.10 bits per heavy atom. The smallest absolute Gasteiger partial charge is 0.409 e. The van der Waals surface area contributed by atoms with Gasteiger partial charge in [-0.25, -0.2) is 9.78 Å². The maximum Gasteiger partial charge on any atom is 0.415 e. The highest BCUT2D eigenvalue weighted by Crippen LogP contribution is 2.32. The second-order valence-corrected chi connectivity index (χ2v) is 10.5. The molecule has 2 aliphatic heterocycles. The molecular weight excluding hydrogens is 569 g/mol. The van der Waals surface area contributed by atoms with Crippen molar-refractivity contribution in [2.75, 3.05) is 19.8 Å². The number of amides is 1. The highest BCUT2D eigenvalue weighted by molar-refractivity contribution is 6.31. The molecule has 0 saturated carbocycles. The van der Waals surface area contributed by atoms with Gasteiger partial charge in [-0.1, -0.05) is 23.2 Å². The van der Waals surface area contributed by atoms with E-state index in [1.54, 1.807) is 12.1 Å². The summed E-state index contributed by atoms with van der Waals surface area (Å²) in [6.07, 6.45) is -6.50. The Morgan fingerprint density at radius 3 is 2.62 bits per heavy atom. The molecule has 0 aliphatic carbocycles. The Bertz CT molecular complexity index is 1450. The number of halogens is 2. The average Bonchev–Trinajstić information content (AvgIpc) is 3.41. The van der Waals surface area contributed by atoms with Gasteiger partial charge in [-0.05, 0) is 49.2 Å². The van der Waals surface area contributed by atoms with Crippen molar-refractivity contribution in [3.63, 3.8) is 0 Å². The van der Waals surface area contributed by atoms with Crippen LogP contribution in [0.25, 0.3) is 22.3 Å². The summed E-state index contributed by atoms with van der Waals surface area (Å²) in [5, 5.41) is 40.6. The normalized spacial score (nSPS) is 26.8. The van der Waals surface area contributed by atoms with Gasteiger partial charge >= 0.3 is 6.09 Å². The van der Waals surface area contributed by atoms with Gasteiger partial charge in [0.15, 0.2) is 6.29 Å². The Labute approximate surface area is 237 Å². The molecule has 0 radical (unpaired) electrons. The monoisotopic (exact) mass is 595 g/mol. The second-order valence-electron chi connectivity index (χ2n) is 9.60. The molecule has 2 aromatic carbocycles. The topological polar surface area (TPSA) is 175 Å². The Balaban J connectivity index is 1.32. The van der Waals surface area contributed by atoms with Crippen LogP contribution in [0.2, 0.25) is 10.0 Å². The number of aliphatic hydroxyl groups excluding tert-OH is 4. The van der Waals surface area contributed by atoms with Gasteiger partial charge < -0.3 is 44.5 Å². The molecular formula is C26H27Cl2N3O9. The number of rotatable bonds is 6. The summed E-state index contributed by atoms with van der Waals surface area (Å²) in [4.78, 5) is 34.6. The minimum Gasteiger partial charge on any atom is -0.409 e. The number of hydrogen-bond donors (Lipinski definition) is 5. The first kappa shape index (κ1) is 28.7. The van der Waals surface area contributed by atoms with Crippen molar-refractivity contribution in [1.82, 2.24) is 14.9 Å². The third kappa shape index (κ3) is 5.80. The van der Waals surface area contributed by atoms with Crippen molar-refractivity contribution < 1.29 is 39.4 Å². The van der Waals surface area contributed by atoms with E-state index in [-0.39, 0.29) is 18.2 Å². The standard InChI is InChI=1S/C26H27Cl2N3O9/c27-12-3-5-17-15(8-12)24(36)30-23(29-17)16-9-13(28)4-6-18(16)40-26(37)31-7-1-2-14(31)11-38-25-22(35)21(34)20(33)19(10-32)39-25/h3-6,8-9,14,19-22,25,32-35H,1-2,7,10-11H2,(H,29,30,36)/t14?,19-,20+,21+,22-,25-/m1/s1. The molecule has 214 valence electrons. The van der Waals surface area contributed by atoms with E-state index in [2.05, 4.69) is 9.97 Å². The zero-order chi connectivity index (χ0) is 28.6. The van der Waals surface area contributed by atoms with Gasteiger partial charge in [-0.3, -0.25) is 4.79 Å². The Hall–Kier alpha value is -2.81. The van der Waals surface area contributed by atoms with Crippen LogP contribution in [0.1, 0.15) is 12.8 Å². The highest BCUT2D eigenvalue weighted by atomic mass is 35.5. The third-order valence-electron chi connectivity index (χ3n) is 6.97. The van der Waals surface area contributed by atoms with Crippen molar-refractivity contribution in [1.29, 1.82) is 0 Å². The zero-order valence-corrected chi connectivity index (χ0v) is 22.5. The molecule has 2 aliphatic rings. The number of fused-ring (bicyclic) bond motifs is 1. The predicted octanol–water partition coefficient (Wildman–Crippen LogP) is 1.68. The van der Waals surface area contributed by atoms with Gasteiger partial charge in [0.1, 0.15) is 36.0 Å². The summed E-state index contributed by atoms with van der Waals surface area (Å²) in [5.41, 5.74) is 0.262. The van der Waals surface area contributed by atoms with Crippen LogP contribution in [0, 0.1) is 0 Å². The number of nitrogens with zero attached hydrogens (tertiary/aromatic N) is 2. The van der Waals surface area contributed by atoms with Crippen LogP contribution < -0.4 is 10.3 Å². The molecule has 2 saturated heterocycles. The lowest BCUT2D eigenvalue weighted by Crippen LogP contribution is -2.59. The molecule has 5 rings (SSSR count). The van der Waals surface area contributed by atoms with E-state index >= 15 is 0 Å². The fourth-order valence-electron chi connectivity index (χ4n) is 4.83. The number of nitrogens with one attached hydrogen (secondary N) is 1. The van der Waals surface area contributed by atoms with Crippen molar-refractivity contribution in [3.8, 4) is 17.1 Å². The minimum absolute atomic E-state index is 0.0621. The number of aliphatic hydroxyl groups is 4. The van der Waals surface area contributed by atoms with Gasteiger partial charge in [0.05, 0.1) is 35.7 Å². The highest BCUT2D eigenvalue weighted by Gasteiger charge is 2.44. The van der Waals surface area contributed by atoms with Crippen LogP contribution in [-0.2, 0) is 9.47 Å². The van der Waals surface area contributed by atoms with Crippen LogP contribution in [0.5, 0.6) is 5.75 Å². The molecule has 2 fully saturated rings. The second kappa shape index (κ2) is 12.0. The van der Waals surface area contributed by atoms with E-state index < -0.39 is 55.0 Å². The molecule has 14 heteroatoms. The molecule has 1 unspecified atom stereocenters. The first-order valence-corrected chi connectivity index (χ1v) is 13.3. The van der Waals surface area contributed by atoms with Gasteiger partial charge in [-0.15, -0.1) is 0 Å². The molecule has 40 heavy (non-hydrogen) atoms. The molecule has 3 aromatic rings. The molecule has 6 atom stereocenters. The van der Waals surface area contributed by atoms with Crippen molar-refractivity contribution >= 4 is 40.2 Å². The zero-order valence-electron chi connectivity index (χ0n) is 20.9. The summed E-state index contributed by atoms with van der Waals surface area (Å²) in [6.45, 7) is -0.273. The number of carbonyl (C=O) groups is 1. The van der Waals surface area contributed by atoms with Crippen LogP contribution in [0.4, 0.5) is 4.79 Å². The maximum atomic E-state index is 13.2. The average molecular weight is 596 g/mol. The fourth-order valence-corrected chi connectivity index (χ4v) is 5.17. The lowest BCUT2D eigenvalue weighted by Gasteiger charge is -2.40. The summed E-state index contributed by atoms with van der Waals surface area (Å²) in [7, 11) is 0. The van der Waals surface area contributed by atoms with Crippen molar-refractivity contribution in [3.05, 3.63) is 56.8 Å². The van der Waals surface area contributed by atoms with Crippen LogP contribution in [-0.4, -0.2) is 97.9 Å². The molecule has 0 spiro atoms. The van der Waals surface area contributed by atoms with Crippen LogP contribution >= 0.6 is 23.2 Å². The lowest BCUT2D eigenvalue weighted by molar-refractivity contribution is -0.302. The molecule has 1 amide bonds. The largest absolute Gasteiger partial charge is 0.415 e. The summed E-state index contributed by atoms with van der Waals surface area (Å²) < 4.78 is 16.8. The summed E-state index contributed by atoms with van der Waals surface area (Å²) in [5.74, 6) is 0.264. The number of H-pyrrole nitrogens is 1. The maximum absolute atomic E-state index is 13.2. The Morgan fingerprint density at radius 2 is 1.85 bits per heavy atom. The number of likely N-dealkylation sites (tertiary alicyclic amines) is 1. The summed E-state index contributed by atoms with van der Waals surface area (Å²) in [6, 6.07) is 8.83.